The lowest BCUT2D eigenvalue weighted by atomic mass is 9.80. The minimum atomic E-state index is -1.24. The number of hydrogen-bond donors (Lipinski definition) is 2. The number of amides is 2. The number of benzene rings is 2. The van der Waals surface area contributed by atoms with E-state index >= 15 is 0 Å². The van der Waals surface area contributed by atoms with Gasteiger partial charge in [-0.15, -0.1) is 0 Å². The lowest BCUT2D eigenvalue weighted by Crippen LogP contribution is -2.52. The van der Waals surface area contributed by atoms with Crippen LogP contribution >= 0.6 is 0 Å². The van der Waals surface area contributed by atoms with Gasteiger partial charge in [-0.25, -0.2) is 4.79 Å². The van der Waals surface area contributed by atoms with Gasteiger partial charge in [0.2, 0.25) is 5.91 Å². The fourth-order valence-corrected chi connectivity index (χ4v) is 6.63. The quantitative estimate of drug-likeness (QED) is 0.143. The number of pyridine rings is 1. The monoisotopic (exact) mass is 640 g/mol. The van der Waals surface area contributed by atoms with Crippen LogP contribution in [0.3, 0.4) is 0 Å². The maximum Gasteiger partial charge on any atom is 0.330 e. The minimum Gasteiger partial charge on any atom is -0.490 e. The Bertz CT molecular complexity index is 1620. The number of esters is 1. The van der Waals surface area contributed by atoms with Crippen molar-refractivity contribution in [3.05, 3.63) is 89.3 Å². The first-order valence-corrected chi connectivity index (χ1v) is 16.1. The van der Waals surface area contributed by atoms with Gasteiger partial charge >= 0.3 is 5.97 Å². The zero-order valence-corrected chi connectivity index (χ0v) is 27.7. The van der Waals surface area contributed by atoms with Crippen LogP contribution in [0.1, 0.15) is 78.7 Å². The number of ether oxygens (including phenoxy) is 3. The molecular weight excluding hydrogens is 596 g/mol. The number of rotatable bonds is 12. The summed E-state index contributed by atoms with van der Waals surface area (Å²) in [5.41, 5.74) is 3.64. The zero-order valence-electron chi connectivity index (χ0n) is 27.7. The maximum atomic E-state index is 13.6. The summed E-state index contributed by atoms with van der Waals surface area (Å²) in [7, 11) is 4.95. The highest BCUT2D eigenvalue weighted by Crippen LogP contribution is 2.54. The van der Waals surface area contributed by atoms with Crippen molar-refractivity contribution in [2.24, 2.45) is 5.92 Å². The molecule has 1 aliphatic carbocycles. The molecule has 2 N–H and O–H groups in total. The van der Waals surface area contributed by atoms with Crippen molar-refractivity contribution < 1.29 is 28.6 Å². The highest BCUT2D eigenvalue weighted by molar-refractivity contribution is 6.04. The Labute approximate surface area is 276 Å². The molecule has 2 aromatic carbocycles. The molecule has 0 saturated heterocycles. The van der Waals surface area contributed by atoms with Gasteiger partial charge in [0.25, 0.3) is 5.91 Å². The van der Waals surface area contributed by atoms with Crippen LogP contribution in [0.15, 0.2) is 66.9 Å². The van der Waals surface area contributed by atoms with E-state index in [0.717, 1.165) is 11.4 Å². The molecule has 248 valence electrons. The van der Waals surface area contributed by atoms with Gasteiger partial charge in [0.1, 0.15) is 17.9 Å². The second-order valence-electron chi connectivity index (χ2n) is 12.6. The van der Waals surface area contributed by atoms with Gasteiger partial charge in [-0.1, -0.05) is 25.0 Å². The lowest BCUT2D eigenvalue weighted by molar-refractivity contribution is -0.134. The van der Waals surface area contributed by atoms with E-state index in [0.29, 0.717) is 41.0 Å². The molecule has 10 heteroatoms. The first-order chi connectivity index (χ1) is 22.6. The average Bonchev–Trinajstić information content (AvgIpc) is 3.70. The molecule has 2 heterocycles. The molecule has 1 aromatic heterocycles. The first-order valence-electron chi connectivity index (χ1n) is 16.1. The minimum absolute atomic E-state index is 0.0977. The molecule has 1 aliphatic heterocycles. The van der Waals surface area contributed by atoms with E-state index in [1.165, 1.54) is 44.4 Å². The van der Waals surface area contributed by atoms with Crippen LogP contribution in [0, 0.1) is 5.92 Å². The summed E-state index contributed by atoms with van der Waals surface area (Å²) in [6.45, 7) is 3.96. The smallest absolute Gasteiger partial charge is 0.330 e. The molecule has 47 heavy (non-hydrogen) atoms. The second-order valence-corrected chi connectivity index (χ2v) is 12.6. The summed E-state index contributed by atoms with van der Waals surface area (Å²) in [5.74, 6) is 0.0750. The molecule has 1 saturated carbocycles. The van der Waals surface area contributed by atoms with Gasteiger partial charge in [-0.2, -0.15) is 0 Å². The highest BCUT2D eigenvalue weighted by Gasteiger charge is 2.43. The summed E-state index contributed by atoms with van der Waals surface area (Å²) in [4.78, 5) is 45.7. The van der Waals surface area contributed by atoms with Crippen LogP contribution in [-0.2, 0) is 19.1 Å². The Morgan fingerprint density at radius 1 is 1.02 bits per heavy atom. The molecule has 0 bridgehead atoms. The molecule has 0 radical (unpaired) electrons. The van der Waals surface area contributed by atoms with Crippen molar-refractivity contribution in [2.75, 3.05) is 44.7 Å². The van der Waals surface area contributed by atoms with E-state index in [1.807, 2.05) is 30.5 Å². The fraction of sp³-hybridized carbons (Fsp3) is 0.405. The molecular formula is C37H44N4O6. The van der Waals surface area contributed by atoms with Crippen LogP contribution in [-0.4, -0.2) is 62.8 Å². The van der Waals surface area contributed by atoms with Gasteiger partial charge in [-0.05, 0) is 80.6 Å². The van der Waals surface area contributed by atoms with E-state index in [4.69, 9.17) is 14.5 Å². The van der Waals surface area contributed by atoms with Crippen LogP contribution < -0.4 is 20.3 Å². The Morgan fingerprint density at radius 2 is 1.81 bits per heavy atom. The summed E-state index contributed by atoms with van der Waals surface area (Å²) in [6.07, 6.45) is 9.58. The molecule has 2 amide bonds. The Kier molecular flexibility index (Phi) is 10.6. The molecule has 0 spiro atoms. The molecule has 2 unspecified atom stereocenters. The van der Waals surface area contributed by atoms with E-state index in [2.05, 4.69) is 39.5 Å². The van der Waals surface area contributed by atoms with Crippen molar-refractivity contribution in [3.63, 3.8) is 0 Å². The Morgan fingerprint density at radius 3 is 2.51 bits per heavy atom. The van der Waals surface area contributed by atoms with E-state index in [-0.39, 0.29) is 18.6 Å². The molecule has 10 nitrogen and oxygen atoms in total. The average molecular weight is 641 g/mol. The van der Waals surface area contributed by atoms with Crippen molar-refractivity contribution >= 4 is 35.2 Å². The van der Waals surface area contributed by atoms with Gasteiger partial charge < -0.3 is 29.7 Å². The lowest BCUT2D eigenvalue weighted by Gasteiger charge is -2.30. The second kappa shape index (κ2) is 14.8. The van der Waals surface area contributed by atoms with Gasteiger partial charge in [0.15, 0.2) is 0 Å². The number of fused-ring (bicyclic) bond motifs is 1. The van der Waals surface area contributed by atoms with Crippen molar-refractivity contribution in [2.45, 2.75) is 57.0 Å². The number of aromatic nitrogens is 1. The number of carbonyl (C=O) groups excluding carboxylic acids is 3. The van der Waals surface area contributed by atoms with E-state index < -0.39 is 17.4 Å². The van der Waals surface area contributed by atoms with Gasteiger partial charge in [0.05, 0.1) is 25.5 Å². The standard InChI is InChI=1S/C37H44N4O6/c1-37(2,36(44)39-27-16-13-24(15-18-32(42)46-5)31(23-27)47-21-20-45-4)40-35(43)26-14-17-28-30(22-26)41(3)34(29-12-8-9-19-38-29)33(28)25-10-6-7-11-25/h8-9,12-19,22-23,25,33-34H,6-7,10-11,20-21H2,1-5H3,(H,39,44)(H,40,43)/b18-15+. The fourth-order valence-electron chi connectivity index (χ4n) is 6.63. The van der Waals surface area contributed by atoms with Crippen molar-refractivity contribution in [1.29, 1.82) is 0 Å². The van der Waals surface area contributed by atoms with Crippen molar-refractivity contribution in [3.8, 4) is 5.75 Å². The first kappa shape index (κ1) is 33.7. The number of likely N-dealkylation sites (N-methyl/N-ethyl adjacent to an activating group) is 1. The summed E-state index contributed by atoms with van der Waals surface area (Å²) in [5, 5.41) is 5.81. The molecule has 2 atom stereocenters. The number of hydrogen-bond acceptors (Lipinski definition) is 8. The van der Waals surface area contributed by atoms with Crippen LogP contribution in [0.4, 0.5) is 11.4 Å². The topological polar surface area (TPSA) is 119 Å². The predicted molar refractivity (Wildman–Crippen MR) is 182 cm³/mol. The number of carbonyl (C=O) groups is 3. The Balaban J connectivity index is 1.32. The maximum absolute atomic E-state index is 13.6. The summed E-state index contributed by atoms with van der Waals surface area (Å²) in [6, 6.07) is 17.1. The summed E-state index contributed by atoms with van der Waals surface area (Å²) >= 11 is 0. The van der Waals surface area contributed by atoms with Crippen LogP contribution in [0.2, 0.25) is 0 Å². The third-order valence-corrected chi connectivity index (χ3v) is 9.10. The van der Waals surface area contributed by atoms with E-state index in [9.17, 15) is 14.4 Å². The third-order valence-electron chi connectivity index (χ3n) is 9.10. The predicted octanol–water partition coefficient (Wildman–Crippen LogP) is 5.91. The highest BCUT2D eigenvalue weighted by atomic mass is 16.5. The third kappa shape index (κ3) is 7.65. The van der Waals surface area contributed by atoms with Gasteiger partial charge in [0, 0.05) is 60.9 Å². The van der Waals surface area contributed by atoms with Crippen LogP contribution in [0.25, 0.3) is 6.08 Å². The molecule has 1 fully saturated rings. The molecule has 2 aliphatic rings. The molecule has 3 aromatic rings. The Hall–Kier alpha value is -4.70. The summed E-state index contributed by atoms with van der Waals surface area (Å²) < 4.78 is 15.6. The molecule has 5 rings (SSSR count). The normalized spacial score (nSPS) is 17.9. The van der Waals surface area contributed by atoms with Crippen LogP contribution in [0.5, 0.6) is 5.75 Å². The number of nitrogens with zero attached hydrogens (tertiary/aromatic N) is 2. The number of methoxy groups -OCH3 is 2. The van der Waals surface area contributed by atoms with Gasteiger partial charge in [-0.3, -0.25) is 14.6 Å². The van der Waals surface area contributed by atoms with Crippen molar-refractivity contribution in [1.82, 2.24) is 10.3 Å². The largest absolute Gasteiger partial charge is 0.490 e. The zero-order chi connectivity index (χ0) is 33.6. The SMILES string of the molecule is COCCOc1cc(NC(=O)C(C)(C)NC(=O)c2ccc3c(c2)N(C)C(c2ccccn2)C3C2CCCC2)ccc1/C=C/C(=O)OC. The number of nitrogens with one attached hydrogen (secondary N) is 2. The number of anilines is 2. The van der Waals surface area contributed by atoms with E-state index in [1.54, 1.807) is 45.2 Å².